The maximum Gasteiger partial charge on any atom is 0.0118 e. The van der Waals surface area contributed by atoms with Crippen molar-refractivity contribution in [3.8, 4) is 0 Å². The van der Waals surface area contributed by atoms with Crippen LogP contribution < -0.4 is 5.32 Å². The summed E-state index contributed by atoms with van der Waals surface area (Å²) in [6.45, 7) is 13.2. The molecule has 5 aliphatic rings. The molecule has 0 saturated heterocycles. The zero-order chi connectivity index (χ0) is 21.0. The Morgan fingerprint density at radius 1 is 0.793 bits per heavy atom. The predicted molar refractivity (Wildman–Crippen MR) is 123 cm³/mol. The molecule has 2 nitrogen and oxygen atoms in total. The highest BCUT2D eigenvalue weighted by Crippen LogP contribution is 2.88. The molecule has 0 unspecified atom stereocenters. The number of fused-ring (bicyclic) bond motifs is 2. The summed E-state index contributed by atoms with van der Waals surface area (Å²) in [7, 11) is 6.81. The minimum Gasteiger partial charge on any atom is -0.316 e. The van der Waals surface area contributed by atoms with Crippen molar-refractivity contribution in [1.82, 2.24) is 10.2 Å². The van der Waals surface area contributed by atoms with Crippen molar-refractivity contribution >= 4 is 0 Å². The van der Waals surface area contributed by atoms with Gasteiger partial charge in [-0.25, -0.2) is 0 Å². The van der Waals surface area contributed by atoms with Crippen molar-refractivity contribution in [3.05, 3.63) is 0 Å². The topological polar surface area (TPSA) is 15.3 Å². The van der Waals surface area contributed by atoms with Crippen LogP contribution in [0.1, 0.15) is 92.4 Å². The standard InChI is InChI=1S/C27H48N2/c1-18(29(7)8)19-11-13-25(5)21-10-9-20-23(2,3)22(28-6)12-14-26(20)17-27(21,26)16-15-24(19,25)4/h18-22,28H,9-17H2,1-8H3/t18-,19+,20-,21-,22-,24+,25-,26+,27-/m0/s1. The van der Waals surface area contributed by atoms with Crippen molar-refractivity contribution in [2.75, 3.05) is 21.1 Å². The third kappa shape index (κ3) is 2.22. The average Bonchev–Trinajstić information content (AvgIpc) is 3.24. The van der Waals surface area contributed by atoms with E-state index in [-0.39, 0.29) is 0 Å². The molecule has 5 fully saturated rings. The van der Waals surface area contributed by atoms with E-state index in [4.69, 9.17) is 0 Å². The van der Waals surface area contributed by atoms with Gasteiger partial charge in [-0.15, -0.1) is 0 Å². The Morgan fingerprint density at radius 3 is 2.10 bits per heavy atom. The van der Waals surface area contributed by atoms with Crippen molar-refractivity contribution < 1.29 is 0 Å². The smallest absolute Gasteiger partial charge is 0.0118 e. The molecule has 5 saturated carbocycles. The fourth-order valence-corrected chi connectivity index (χ4v) is 11.1. The molecule has 0 aromatic heterocycles. The predicted octanol–water partition coefficient (Wildman–Crippen LogP) is 5.96. The molecule has 0 heterocycles. The molecule has 2 heteroatoms. The lowest BCUT2D eigenvalue weighted by molar-refractivity contribution is -0.146. The molecular weight excluding hydrogens is 352 g/mol. The summed E-state index contributed by atoms with van der Waals surface area (Å²) < 4.78 is 0. The number of hydrogen-bond donors (Lipinski definition) is 1. The SMILES string of the molecule is CN[C@H]1CC[C@]23C[C@]24CC[C@]2(C)[C@@H]([C@H](C)N(C)C)CC[C@@]2(C)[C@@H]4CC[C@H]3C1(C)C. The van der Waals surface area contributed by atoms with Crippen molar-refractivity contribution in [1.29, 1.82) is 0 Å². The molecular formula is C27H48N2. The Kier molecular flexibility index (Phi) is 4.33. The zero-order valence-corrected chi connectivity index (χ0v) is 20.7. The lowest BCUT2D eigenvalue weighted by atomic mass is 9.42. The summed E-state index contributed by atoms with van der Waals surface area (Å²) in [5.74, 6) is 2.82. The van der Waals surface area contributed by atoms with Gasteiger partial charge in [0.15, 0.2) is 0 Å². The fraction of sp³-hybridized carbons (Fsp3) is 1.00. The minimum atomic E-state index is 0.459. The van der Waals surface area contributed by atoms with Gasteiger partial charge >= 0.3 is 0 Å². The first-order valence-electron chi connectivity index (χ1n) is 12.8. The molecule has 0 radical (unpaired) electrons. The third-order valence-corrected chi connectivity index (χ3v) is 13.0. The minimum absolute atomic E-state index is 0.459. The first-order valence-corrected chi connectivity index (χ1v) is 12.8. The second kappa shape index (κ2) is 6.03. The highest BCUT2D eigenvalue weighted by Gasteiger charge is 2.82. The van der Waals surface area contributed by atoms with Crippen LogP contribution >= 0.6 is 0 Å². The van der Waals surface area contributed by atoms with E-state index in [0.29, 0.717) is 39.2 Å². The van der Waals surface area contributed by atoms with Crippen LogP contribution in [0.3, 0.4) is 0 Å². The van der Waals surface area contributed by atoms with Crippen LogP contribution in [-0.2, 0) is 0 Å². The van der Waals surface area contributed by atoms with Crippen molar-refractivity contribution in [3.63, 3.8) is 0 Å². The number of rotatable bonds is 3. The zero-order valence-electron chi connectivity index (χ0n) is 20.7. The van der Waals surface area contributed by atoms with E-state index in [9.17, 15) is 0 Å². The van der Waals surface area contributed by atoms with Crippen LogP contribution in [0.2, 0.25) is 0 Å². The van der Waals surface area contributed by atoms with E-state index < -0.39 is 0 Å². The Balaban J connectivity index is 1.49. The molecule has 0 bridgehead atoms. The monoisotopic (exact) mass is 400 g/mol. The van der Waals surface area contributed by atoms with Gasteiger partial charge in [-0.05, 0) is 131 Å². The number of nitrogens with zero attached hydrogens (tertiary/aromatic N) is 1. The van der Waals surface area contributed by atoms with Crippen LogP contribution in [0.4, 0.5) is 0 Å². The van der Waals surface area contributed by atoms with Gasteiger partial charge in [-0.2, -0.15) is 0 Å². The van der Waals surface area contributed by atoms with Gasteiger partial charge < -0.3 is 10.2 Å². The largest absolute Gasteiger partial charge is 0.316 e. The highest BCUT2D eigenvalue weighted by molar-refractivity contribution is 5.31. The van der Waals surface area contributed by atoms with E-state index in [1.54, 1.807) is 6.42 Å². The van der Waals surface area contributed by atoms with E-state index in [2.05, 4.69) is 66.0 Å². The Bertz CT molecular complexity index is 684. The number of hydrogen-bond acceptors (Lipinski definition) is 2. The molecule has 166 valence electrons. The normalized spacial score (nSPS) is 56.2. The van der Waals surface area contributed by atoms with Gasteiger partial charge in [-0.1, -0.05) is 27.7 Å². The van der Waals surface area contributed by atoms with Crippen LogP contribution in [0.5, 0.6) is 0 Å². The molecule has 2 spiro atoms. The molecule has 5 aliphatic carbocycles. The highest BCUT2D eigenvalue weighted by atomic mass is 15.1. The maximum atomic E-state index is 3.71. The van der Waals surface area contributed by atoms with Crippen molar-refractivity contribution in [2.45, 2.75) is 104 Å². The van der Waals surface area contributed by atoms with E-state index in [1.165, 1.54) is 51.4 Å². The van der Waals surface area contributed by atoms with Crippen LogP contribution in [0.25, 0.3) is 0 Å². The van der Waals surface area contributed by atoms with Gasteiger partial charge in [0.1, 0.15) is 0 Å². The second-order valence-electron chi connectivity index (χ2n) is 13.6. The van der Waals surface area contributed by atoms with Crippen LogP contribution in [0, 0.1) is 44.8 Å². The summed E-state index contributed by atoms with van der Waals surface area (Å²) in [6.07, 6.45) is 13.5. The molecule has 5 rings (SSSR count). The van der Waals surface area contributed by atoms with Crippen LogP contribution in [-0.4, -0.2) is 38.1 Å². The van der Waals surface area contributed by atoms with Gasteiger partial charge in [-0.3, -0.25) is 0 Å². The third-order valence-electron chi connectivity index (χ3n) is 13.0. The number of nitrogens with one attached hydrogen (secondary N) is 1. The molecule has 0 aromatic rings. The maximum absolute atomic E-state index is 3.71. The molecule has 0 amide bonds. The van der Waals surface area contributed by atoms with Gasteiger partial charge in [0, 0.05) is 12.1 Å². The molecule has 0 aliphatic heterocycles. The lowest BCUT2D eigenvalue weighted by Gasteiger charge is -2.63. The fourth-order valence-electron chi connectivity index (χ4n) is 11.1. The van der Waals surface area contributed by atoms with E-state index >= 15 is 0 Å². The van der Waals surface area contributed by atoms with E-state index in [0.717, 1.165) is 17.8 Å². The Hall–Kier alpha value is -0.0800. The summed E-state index contributed by atoms with van der Waals surface area (Å²) in [4.78, 5) is 2.50. The first-order chi connectivity index (χ1) is 13.5. The van der Waals surface area contributed by atoms with Gasteiger partial charge in [0.2, 0.25) is 0 Å². The summed E-state index contributed by atoms with van der Waals surface area (Å²) in [5, 5.41) is 3.71. The molecule has 1 N–H and O–H groups in total. The quantitative estimate of drug-likeness (QED) is 0.628. The Morgan fingerprint density at radius 2 is 1.45 bits per heavy atom. The van der Waals surface area contributed by atoms with Crippen molar-refractivity contribution in [2.24, 2.45) is 44.8 Å². The van der Waals surface area contributed by atoms with E-state index in [1.807, 2.05) is 0 Å². The van der Waals surface area contributed by atoms with Gasteiger partial charge in [0.25, 0.3) is 0 Å². The lowest BCUT2D eigenvalue weighted by Crippen LogP contribution is -2.59. The Labute approximate surface area is 181 Å². The molecule has 9 atom stereocenters. The molecule has 29 heavy (non-hydrogen) atoms. The second-order valence-corrected chi connectivity index (χ2v) is 13.6. The van der Waals surface area contributed by atoms with Crippen LogP contribution in [0.15, 0.2) is 0 Å². The summed E-state index contributed by atoms with van der Waals surface area (Å²) in [5.41, 5.74) is 2.97. The summed E-state index contributed by atoms with van der Waals surface area (Å²) in [6, 6.07) is 1.43. The average molecular weight is 401 g/mol. The summed E-state index contributed by atoms with van der Waals surface area (Å²) >= 11 is 0. The molecule has 0 aromatic carbocycles. The first kappa shape index (κ1) is 20.8. The van der Waals surface area contributed by atoms with Gasteiger partial charge in [0.05, 0.1) is 0 Å².